The van der Waals surface area contributed by atoms with Crippen LogP contribution in [-0.2, 0) is 13.7 Å². The molecule has 0 fully saturated rings. The molecule has 11 rings (SSSR count). The SMILES string of the molecule is CCCCCCCCCCCC1c2cc3c(cc2O)OP(=O)(c2ccccc2)Oc2cc4c(cc2C3CCCCCCCCCCC)C(CCCCCCCCCCC)c2cc3c(cc2OP(=O)(c2ccccc2)O4)OP(=O)(c2ccccc2)Oc2cc(O)c1cc2C3CCCCCCCCCCC. The molecule has 4 atom stereocenters. The molecule has 0 saturated carbocycles. The lowest BCUT2D eigenvalue weighted by Gasteiger charge is -2.36. The second-order valence-electron chi connectivity index (χ2n) is 30.5. The zero-order chi connectivity index (χ0) is 72.6. The molecular weight excluding hydrogens is 1350 g/mol. The lowest BCUT2D eigenvalue weighted by Crippen LogP contribution is -2.23. The van der Waals surface area contributed by atoms with Gasteiger partial charge in [-0.15, -0.1) is 0 Å². The van der Waals surface area contributed by atoms with Crippen LogP contribution in [0, 0.1) is 0 Å². The molecule has 7 aromatic carbocycles. The number of phenols is 2. The molecule has 104 heavy (non-hydrogen) atoms. The summed E-state index contributed by atoms with van der Waals surface area (Å²) in [6, 6.07) is 42.8. The average Bonchev–Trinajstić information content (AvgIpc) is 0.726. The van der Waals surface area contributed by atoms with Crippen LogP contribution in [0.25, 0.3) is 0 Å². The van der Waals surface area contributed by atoms with E-state index in [0.29, 0.717) is 64.2 Å². The molecule has 8 bridgehead atoms. The van der Waals surface area contributed by atoms with Crippen molar-refractivity contribution in [2.45, 2.75) is 308 Å². The van der Waals surface area contributed by atoms with E-state index < -0.39 is 46.5 Å². The highest BCUT2D eigenvalue weighted by molar-refractivity contribution is 7.63. The van der Waals surface area contributed by atoms with Gasteiger partial charge < -0.3 is 37.4 Å². The van der Waals surface area contributed by atoms with Gasteiger partial charge in [-0.25, -0.2) is 13.7 Å². The van der Waals surface area contributed by atoms with E-state index in [2.05, 4.69) is 52.0 Å². The molecule has 0 saturated heterocycles. The van der Waals surface area contributed by atoms with Crippen molar-refractivity contribution in [2.24, 2.45) is 0 Å². The fraction of sp³-hybridized carbons (Fsp3) is 0.533. The van der Waals surface area contributed by atoms with E-state index >= 15 is 13.7 Å². The lowest BCUT2D eigenvalue weighted by molar-refractivity contribution is 0.373. The van der Waals surface area contributed by atoms with Gasteiger partial charge in [0.25, 0.3) is 0 Å². The van der Waals surface area contributed by atoms with Gasteiger partial charge in [-0.2, -0.15) is 0 Å². The number of hydrogen-bond donors (Lipinski definition) is 2. The molecule has 11 nitrogen and oxygen atoms in total. The van der Waals surface area contributed by atoms with Gasteiger partial charge in [0.05, 0.1) is 15.9 Å². The van der Waals surface area contributed by atoms with Crippen LogP contribution in [0.3, 0.4) is 0 Å². The molecule has 0 spiro atoms. The van der Waals surface area contributed by atoms with E-state index in [1.807, 2.05) is 66.7 Å². The summed E-state index contributed by atoms with van der Waals surface area (Å²) in [5, 5.41) is 27.4. The Morgan fingerprint density at radius 3 is 0.644 bits per heavy atom. The van der Waals surface area contributed by atoms with Crippen LogP contribution < -0.4 is 43.1 Å². The summed E-state index contributed by atoms with van der Waals surface area (Å²) < 4.78 is 92.7. The topological polar surface area (TPSA) is 147 Å². The van der Waals surface area contributed by atoms with Crippen molar-refractivity contribution in [3.8, 4) is 46.0 Å². The van der Waals surface area contributed by atoms with Crippen LogP contribution >= 0.6 is 22.8 Å². The smallest absolute Gasteiger partial charge is 0.462 e. The summed E-state index contributed by atoms with van der Waals surface area (Å²) in [5.74, 6) is -0.311. The highest BCUT2D eigenvalue weighted by atomic mass is 31.2. The minimum Gasteiger partial charge on any atom is -0.508 e. The second kappa shape index (κ2) is 39.5. The van der Waals surface area contributed by atoms with Crippen LogP contribution in [0.1, 0.15) is 353 Å². The average molecular weight is 1470 g/mol. The molecule has 4 aliphatic rings. The quantitative estimate of drug-likeness (QED) is 0.0278. The Labute approximate surface area is 624 Å². The van der Waals surface area contributed by atoms with Crippen LogP contribution in [0.4, 0.5) is 0 Å². The van der Waals surface area contributed by atoms with Gasteiger partial charge in [-0.05, 0) is 86.3 Å². The number of fused-ring (bicyclic) bond motifs is 2. The summed E-state index contributed by atoms with van der Waals surface area (Å²) in [7, 11) is -13.3. The molecule has 14 heteroatoms. The monoisotopic (exact) mass is 1470 g/mol. The summed E-state index contributed by atoms with van der Waals surface area (Å²) in [5.41, 5.74) is 5.92. The van der Waals surface area contributed by atoms with E-state index in [1.165, 1.54) is 128 Å². The first-order chi connectivity index (χ1) is 50.9. The third-order valence-corrected chi connectivity index (χ3v) is 27.9. The normalized spacial score (nSPS) is 20.5. The standard InChI is InChI=1S/C90H121O11P3/c1-5-9-13-17-21-25-29-33-46-56-71-75-60-77-72(57-47-34-30-26-22-18-14-10-6-2)79-62-81-74(59-49-36-32-28-24-20-16-12-8-4)82-63-80-73(58-48-35-31-27-23-19-15-11-7-3)78-61-76(71)84(92)65-86(78)97-103(94,69-52-42-38-43-53-69)99-88(80)67-90(82)101-104(95,70-54-44-39-45-55-70)100-89(81)66-87(79)98-102(93,68-50-40-37-41-51-68)96-85(77)64-83(75)91/h37-45,50-55,60-67,71-74,91-92H,5-36,46-49,56-59H2,1-4H3. The molecule has 1 aliphatic carbocycles. The Balaban J connectivity index is 1.18. The number of rotatable bonds is 43. The predicted octanol–water partition coefficient (Wildman–Crippen LogP) is 27.5. The third-order valence-electron chi connectivity index (χ3n) is 22.5. The van der Waals surface area contributed by atoms with Crippen LogP contribution in [0.15, 0.2) is 140 Å². The molecule has 2 N–H and O–H groups in total. The molecule has 3 heterocycles. The summed E-state index contributed by atoms with van der Waals surface area (Å²) >= 11 is 0. The second-order valence-corrected chi connectivity index (χ2v) is 36.1. The van der Waals surface area contributed by atoms with Gasteiger partial charge in [0.2, 0.25) is 0 Å². The van der Waals surface area contributed by atoms with Gasteiger partial charge in [-0.3, -0.25) is 0 Å². The Morgan fingerprint density at radius 1 is 0.240 bits per heavy atom. The van der Waals surface area contributed by atoms with Crippen molar-refractivity contribution < 1.29 is 51.1 Å². The Kier molecular flexibility index (Phi) is 29.9. The number of hydrogen-bond acceptors (Lipinski definition) is 11. The molecule has 0 amide bonds. The number of phenolic OH excluding ortho intramolecular Hbond substituents is 2. The molecule has 0 radical (unpaired) electrons. The first-order valence-corrected chi connectivity index (χ1v) is 45.7. The van der Waals surface area contributed by atoms with E-state index in [-0.39, 0.29) is 34.5 Å². The van der Waals surface area contributed by atoms with Crippen molar-refractivity contribution >= 4 is 38.7 Å². The Hall–Kier alpha value is -6.37. The highest BCUT2D eigenvalue weighted by Gasteiger charge is 2.46. The van der Waals surface area contributed by atoms with Gasteiger partial charge in [0, 0.05) is 92.4 Å². The fourth-order valence-corrected chi connectivity index (χ4v) is 21.5. The minimum absolute atomic E-state index is 0.0459. The lowest BCUT2D eigenvalue weighted by atomic mass is 9.76. The first-order valence-electron chi connectivity index (χ1n) is 41.1. The summed E-state index contributed by atoms with van der Waals surface area (Å²) in [4.78, 5) is 0. The maximum Gasteiger partial charge on any atom is 0.462 e. The van der Waals surface area contributed by atoms with Crippen molar-refractivity contribution in [1.82, 2.24) is 0 Å². The van der Waals surface area contributed by atoms with E-state index in [1.54, 1.807) is 48.5 Å². The van der Waals surface area contributed by atoms with Crippen LogP contribution in [0.5, 0.6) is 46.0 Å². The van der Waals surface area contributed by atoms with Gasteiger partial charge in [0.1, 0.15) is 46.0 Å². The van der Waals surface area contributed by atoms with Crippen molar-refractivity contribution in [2.75, 3.05) is 0 Å². The van der Waals surface area contributed by atoms with Crippen molar-refractivity contribution in [3.05, 3.63) is 184 Å². The number of benzene rings is 7. The molecule has 3 aliphatic heterocycles. The predicted molar refractivity (Wildman–Crippen MR) is 429 cm³/mol. The van der Waals surface area contributed by atoms with Crippen molar-refractivity contribution in [3.63, 3.8) is 0 Å². The highest BCUT2D eigenvalue weighted by Crippen LogP contribution is 2.64. The zero-order valence-corrected chi connectivity index (χ0v) is 66.0. The largest absolute Gasteiger partial charge is 0.508 e. The third kappa shape index (κ3) is 20.3. The Morgan fingerprint density at radius 2 is 0.423 bits per heavy atom. The van der Waals surface area contributed by atoms with Crippen LogP contribution in [0.2, 0.25) is 0 Å². The van der Waals surface area contributed by atoms with Gasteiger partial charge in [-0.1, -0.05) is 313 Å². The summed E-state index contributed by atoms with van der Waals surface area (Å²) in [6.45, 7) is 9.04. The number of aromatic hydroxyl groups is 2. The van der Waals surface area contributed by atoms with Gasteiger partial charge in [0.15, 0.2) is 0 Å². The zero-order valence-electron chi connectivity index (χ0n) is 63.3. The maximum absolute atomic E-state index is 16.8. The van der Waals surface area contributed by atoms with Crippen molar-refractivity contribution in [1.29, 1.82) is 0 Å². The first kappa shape index (κ1) is 78.7. The van der Waals surface area contributed by atoms with E-state index in [0.717, 1.165) is 136 Å². The molecular formula is C90H121O11P3. The maximum atomic E-state index is 16.8. The van der Waals surface area contributed by atoms with Crippen LogP contribution in [-0.4, -0.2) is 10.2 Å². The molecule has 562 valence electrons. The molecule has 7 aromatic rings. The van der Waals surface area contributed by atoms with E-state index in [4.69, 9.17) is 27.1 Å². The van der Waals surface area contributed by atoms with E-state index in [9.17, 15) is 10.2 Å². The fourth-order valence-electron chi connectivity index (χ4n) is 16.6. The minimum atomic E-state index is -4.49. The number of unbranched alkanes of at least 4 members (excludes halogenated alkanes) is 32. The van der Waals surface area contributed by atoms with Gasteiger partial charge >= 0.3 is 22.8 Å². The molecule has 4 unspecified atom stereocenters. The Bertz CT molecular complexity index is 3760. The molecule has 0 aromatic heterocycles. The summed E-state index contributed by atoms with van der Waals surface area (Å²) in [6.07, 6.45) is 43.3.